The van der Waals surface area contributed by atoms with Gasteiger partial charge in [-0.15, -0.1) is 0 Å². The second-order valence-electron chi connectivity index (χ2n) is 9.38. The van der Waals surface area contributed by atoms with E-state index in [0.717, 1.165) is 56.2 Å². The molecule has 0 spiro atoms. The lowest BCUT2D eigenvalue weighted by Gasteiger charge is -2.10. The highest BCUT2D eigenvalue weighted by Gasteiger charge is 2.16. The molecule has 3 heterocycles. The molecule has 0 bridgehead atoms. The van der Waals surface area contributed by atoms with Crippen LogP contribution in [0.5, 0.6) is 0 Å². The van der Waals surface area contributed by atoms with Crippen molar-refractivity contribution in [2.45, 2.75) is 0 Å². The Balaban J connectivity index is 1.34. The molecule has 0 radical (unpaired) electrons. The van der Waals surface area contributed by atoms with E-state index >= 15 is 0 Å². The van der Waals surface area contributed by atoms with Gasteiger partial charge >= 0.3 is 0 Å². The van der Waals surface area contributed by atoms with Crippen molar-refractivity contribution in [1.29, 1.82) is 0 Å². The Kier molecular flexibility index (Phi) is 5.76. The first-order valence-corrected chi connectivity index (χ1v) is 13.0. The summed E-state index contributed by atoms with van der Waals surface area (Å²) in [5.74, 6) is 0.694. The van der Waals surface area contributed by atoms with Crippen LogP contribution in [0.15, 0.2) is 146 Å². The number of hydrogen-bond donors (Lipinski definition) is 0. The molecule has 0 fully saturated rings. The number of fused-ring (bicyclic) bond motifs is 1. The lowest BCUT2D eigenvalue weighted by Crippen LogP contribution is -1.96. The Morgan fingerprint density at radius 3 is 1.51 bits per heavy atom. The molecule has 0 saturated heterocycles. The lowest BCUT2D eigenvalue weighted by molar-refractivity contribution is 1.18. The SMILES string of the molecule is c1ccc(-c2cc(-c3ccccc3)nc(-c3ccc(-c4nc5ccccn5c4-c4ccccc4)cc3)n2)cc1. The van der Waals surface area contributed by atoms with E-state index < -0.39 is 0 Å². The third kappa shape index (κ3) is 4.38. The molecule has 0 atom stereocenters. The summed E-state index contributed by atoms with van der Waals surface area (Å²) < 4.78 is 2.15. The number of benzene rings is 4. The summed E-state index contributed by atoms with van der Waals surface area (Å²) in [7, 11) is 0. The van der Waals surface area contributed by atoms with Crippen LogP contribution in [0.2, 0.25) is 0 Å². The van der Waals surface area contributed by atoms with Gasteiger partial charge in [-0.3, -0.25) is 4.40 Å². The Labute approximate surface area is 226 Å². The van der Waals surface area contributed by atoms with Gasteiger partial charge in [0.25, 0.3) is 0 Å². The summed E-state index contributed by atoms with van der Waals surface area (Å²) in [5.41, 5.74) is 9.99. The summed E-state index contributed by atoms with van der Waals surface area (Å²) >= 11 is 0. The highest BCUT2D eigenvalue weighted by molar-refractivity contribution is 5.83. The maximum atomic E-state index is 5.00. The maximum absolute atomic E-state index is 5.00. The normalized spacial score (nSPS) is 11.1. The van der Waals surface area contributed by atoms with Gasteiger partial charge in [-0.25, -0.2) is 15.0 Å². The minimum atomic E-state index is 0.694. The van der Waals surface area contributed by atoms with Crippen molar-refractivity contribution in [3.05, 3.63) is 146 Å². The topological polar surface area (TPSA) is 43.1 Å². The molecule has 4 nitrogen and oxygen atoms in total. The van der Waals surface area contributed by atoms with Crippen LogP contribution in [0, 0.1) is 0 Å². The van der Waals surface area contributed by atoms with Gasteiger partial charge in [-0.05, 0) is 18.2 Å². The molecule has 0 saturated carbocycles. The molecule has 39 heavy (non-hydrogen) atoms. The molecule has 0 N–H and O–H groups in total. The fourth-order valence-corrected chi connectivity index (χ4v) is 4.94. The van der Waals surface area contributed by atoms with Crippen LogP contribution < -0.4 is 0 Å². The second-order valence-corrected chi connectivity index (χ2v) is 9.38. The zero-order valence-corrected chi connectivity index (χ0v) is 21.1. The van der Waals surface area contributed by atoms with Gasteiger partial charge < -0.3 is 0 Å². The van der Waals surface area contributed by atoms with E-state index in [1.165, 1.54) is 0 Å². The van der Waals surface area contributed by atoms with Crippen molar-refractivity contribution in [3.63, 3.8) is 0 Å². The van der Waals surface area contributed by atoms with Gasteiger partial charge in [0, 0.05) is 34.0 Å². The molecule has 0 aliphatic heterocycles. The van der Waals surface area contributed by atoms with E-state index in [1.54, 1.807) is 0 Å². The van der Waals surface area contributed by atoms with Gasteiger partial charge in [0.15, 0.2) is 5.82 Å². The molecule has 0 aliphatic carbocycles. The Hall–Kier alpha value is -5.35. The average molecular weight is 501 g/mol. The van der Waals surface area contributed by atoms with Crippen molar-refractivity contribution in [2.24, 2.45) is 0 Å². The molecule has 4 heteroatoms. The highest BCUT2D eigenvalue weighted by atomic mass is 15.0. The summed E-state index contributed by atoms with van der Waals surface area (Å²) in [5, 5.41) is 0. The van der Waals surface area contributed by atoms with Crippen molar-refractivity contribution in [3.8, 4) is 56.4 Å². The van der Waals surface area contributed by atoms with Gasteiger partial charge in [0.2, 0.25) is 0 Å². The van der Waals surface area contributed by atoms with E-state index in [9.17, 15) is 0 Å². The molecular weight excluding hydrogens is 476 g/mol. The largest absolute Gasteiger partial charge is 0.299 e. The Morgan fingerprint density at radius 1 is 0.410 bits per heavy atom. The van der Waals surface area contributed by atoms with Crippen LogP contribution in [0.3, 0.4) is 0 Å². The first-order valence-electron chi connectivity index (χ1n) is 13.0. The van der Waals surface area contributed by atoms with Gasteiger partial charge in [0.05, 0.1) is 22.8 Å². The highest BCUT2D eigenvalue weighted by Crippen LogP contribution is 2.34. The number of aromatic nitrogens is 4. The fourth-order valence-electron chi connectivity index (χ4n) is 4.94. The third-order valence-electron chi connectivity index (χ3n) is 6.86. The summed E-state index contributed by atoms with van der Waals surface area (Å²) in [6.45, 7) is 0. The standard InChI is InChI=1S/C35H24N4/c1-4-12-25(13-5-1)30-24-31(26-14-6-2-7-15-26)37-35(36-30)29-21-19-27(20-22-29)33-34(28-16-8-3-9-17-28)39-23-11-10-18-32(39)38-33/h1-24H. The summed E-state index contributed by atoms with van der Waals surface area (Å²) in [6.07, 6.45) is 2.07. The fraction of sp³-hybridized carbons (Fsp3) is 0. The van der Waals surface area contributed by atoms with Crippen LogP contribution >= 0.6 is 0 Å². The number of pyridine rings is 1. The van der Waals surface area contributed by atoms with E-state index in [0.29, 0.717) is 5.82 Å². The summed E-state index contributed by atoms with van der Waals surface area (Å²) in [6, 6.07) is 47.5. The van der Waals surface area contributed by atoms with E-state index in [4.69, 9.17) is 15.0 Å². The van der Waals surface area contributed by atoms with E-state index in [1.807, 2.05) is 60.7 Å². The molecule has 7 rings (SSSR count). The third-order valence-corrected chi connectivity index (χ3v) is 6.86. The number of hydrogen-bond acceptors (Lipinski definition) is 3. The monoisotopic (exact) mass is 500 g/mol. The van der Waals surface area contributed by atoms with Crippen molar-refractivity contribution in [2.75, 3.05) is 0 Å². The number of nitrogens with zero attached hydrogens (tertiary/aromatic N) is 4. The Bertz CT molecular complexity index is 1820. The minimum absolute atomic E-state index is 0.694. The molecule has 4 aromatic carbocycles. The zero-order valence-electron chi connectivity index (χ0n) is 21.1. The predicted molar refractivity (Wildman–Crippen MR) is 158 cm³/mol. The van der Waals surface area contributed by atoms with Crippen LogP contribution in [-0.2, 0) is 0 Å². The van der Waals surface area contributed by atoms with Crippen LogP contribution in [-0.4, -0.2) is 19.4 Å². The maximum Gasteiger partial charge on any atom is 0.160 e. The minimum Gasteiger partial charge on any atom is -0.299 e. The predicted octanol–water partition coefficient (Wildman–Crippen LogP) is 8.46. The van der Waals surface area contributed by atoms with E-state index in [-0.39, 0.29) is 0 Å². The molecule has 0 aliphatic rings. The molecule has 184 valence electrons. The molecule has 0 amide bonds. The Morgan fingerprint density at radius 2 is 0.923 bits per heavy atom. The zero-order chi connectivity index (χ0) is 26.0. The van der Waals surface area contributed by atoms with Gasteiger partial charge in [-0.2, -0.15) is 0 Å². The average Bonchev–Trinajstić information content (AvgIpc) is 3.42. The van der Waals surface area contributed by atoms with Crippen molar-refractivity contribution in [1.82, 2.24) is 19.4 Å². The first-order chi connectivity index (χ1) is 19.3. The van der Waals surface area contributed by atoms with Crippen molar-refractivity contribution < 1.29 is 0 Å². The second kappa shape index (κ2) is 9.84. The smallest absolute Gasteiger partial charge is 0.160 e. The van der Waals surface area contributed by atoms with Gasteiger partial charge in [0.1, 0.15) is 5.65 Å². The molecule has 3 aromatic heterocycles. The summed E-state index contributed by atoms with van der Waals surface area (Å²) in [4.78, 5) is 14.9. The van der Waals surface area contributed by atoms with Crippen LogP contribution in [0.1, 0.15) is 0 Å². The number of rotatable bonds is 5. The quantitative estimate of drug-likeness (QED) is 0.238. The van der Waals surface area contributed by atoms with Crippen LogP contribution in [0.25, 0.3) is 62.1 Å². The number of imidazole rings is 1. The first kappa shape index (κ1) is 22.8. The molecule has 0 unspecified atom stereocenters. The van der Waals surface area contributed by atoms with Gasteiger partial charge in [-0.1, -0.05) is 121 Å². The molecular formula is C35H24N4. The lowest BCUT2D eigenvalue weighted by atomic mass is 10.0. The van der Waals surface area contributed by atoms with E-state index in [2.05, 4.69) is 89.5 Å². The van der Waals surface area contributed by atoms with Crippen molar-refractivity contribution >= 4 is 5.65 Å². The van der Waals surface area contributed by atoms with Crippen LogP contribution in [0.4, 0.5) is 0 Å². The molecule has 7 aromatic rings.